The average molecular weight is 314 g/mol. The zero-order chi connectivity index (χ0) is 16.4. The third-order valence-corrected chi connectivity index (χ3v) is 5.91. The van der Waals surface area contributed by atoms with Crippen molar-refractivity contribution >= 4 is 5.91 Å². The van der Waals surface area contributed by atoms with Gasteiger partial charge in [-0.1, -0.05) is 36.2 Å². The molecule has 1 aliphatic heterocycles. The molecular formula is C20H30N2O. The van der Waals surface area contributed by atoms with E-state index in [1.54, 1.807) is 0 Å². The predicted molar refractivity (Wildman–Crippen MR) is 94.4 cm³/mol. The molecule has 3 heteroatoms. The molecular weight excluding hydrogens is 284 g/mol. The number of carbonyl (C=O) groups is 1. The van der Waals surface area contributed by atoms with Crippen LogP contribution in [0.2, 0.25) is 0 Å². The van der Waals surface area contributed by atoms with E-state index in [4.69, 9.17) is 0 Å². The lowest BCUT2D eigenvalue weighted by molar-refractivity contribution is -0.134. The second-order valence-electron chi connectivity index (χ2n) is 7.54. The average Bonchev–Trinajstić information content (AvgIpc) is 2.56. The number of likely N-dealkylation sites (N-methyl/N-ethyl adjacent to an activating group) is 2. The maximum absolute atomic E-state index is 12.8. The molecule has 0 N–H and O–H groups in total. The van der Waals surface area contributed by atoms with Gasteiger partial charge in [-0.3, -0.25) is 4.79 Å². The molecule has 1 amide bonds. The van der Waals surface area contributed by atoms with Crippen LogP contribution in [-0.4, -0.2) is 48.4 Å². The van der Waals surface area contributed by atoms with E-state index in [0.717, 1.165) is 17.9 Å². The van der Waals surface area contributed by atoms with Crippen molar-refractivity contribution in [1.29, 1.82) is 0 Å². The number of aryl methyl sites for hydroxylation is 1. The Kier molecular flexibility index (Phi) is 5.05. The molecule has 1 aliphatic carbocycles. The minimum atomic E-state index is 0.262. The number of carbonyl (C=O) groups excluding carboxylic acids is 1. The monoisotopic (exact) mass is 314 g/mol. The van der Waals surface area contributed by atoms with Crippen LogP contribution in [0.15, 0.2) is 24.3 Å². The molecule has 0 spiro atoms. The van der Waals surface area contributed by atoms with Gasteiger partial charge in [-0.05, 0) is 57.7 Å². The van der Waals surface area contributed by atoms with Crippen LogP contribution in [0.5, 0.6) is 0 Å². The fourth-order valence-electron chi connectivity index (χ4n) is 4.58. The van der Waals surface area contributed by atoms with Gasteiger partial charge in [0.15, 0.2) is 0 Å². The molecule has 1 aromatic rings. The van der Waals surface area contributed by atoms with E-state index in [0.29, 0.717) is 18.5 Å². The highest BCUT2D eigenvalue weighted by molar-refractivity contribution is 5.79. The second-order valence-corrected chi connectivity index (χ2v) is 7.54. The third-order valence-electron chi connectivity index (χ3n) is 5.91. The fraction of sp³-hybridized carbons (Fsp3) is 0.650. The van der Waals surface area contributed by atoms with E-state index in [2.05, 4.69) is 48.0 Å². The Bertz CT molecular complexity index is 537. The van der Waals surface area contributed by atoms with Crippen molar-refractivity contribution in [2.45, 2.75) is 57.5 Å². The number of likely N-dealkylation sites (tertiary alicyclic amines) is 1. The lowest BCUT2D eigenvalue weighted by Crippen LogP contribution is -2.58. The molecule has 0 unspecified atom stereocenters. The zero-order valence-corrected chi connectivity index (χ0v) is 14.8. The van der Waals surface area contributed by atoms with Crippen molar-refractivity contribution in [3.05, 3.63) is 35.4 Å². The van der Waals surface area contributed by atoms with Gasteiger partial charge in [0.1, 0.15) is 0 Å². The number of hydrogen-bond donors (Lipinski definition) is 0. The zero-order valence-electron chi connectivity index (χ0n) is 14.8. The number of benzene rings is 1. The Morgan fingerprint density at radius 1 is 1.17 bits per heavy atom. The molecule has 3 nitrogen and oxygen atoms in total. The van der Waals surface area contributed by atoms with Crippen molar-refractivity contribution < 1.29 is 4.79 Å². The molecule has 0 radical (unpaired) electrons. The van der Waals surface area contributed by atoms with Crippen molar-refractivity contribution in [1.82, 2.24) is 9.80 Å². The Labute approximate surface area is 140 Å². The third kappa shape index (κ3) is 3.60. The van der Waals surface area contributed by atoms with Crippen molar-refractivity contribution in [2.75, 3.05) is 20.6 Å². The Hall–Kier alpha value is -1.35. The summed E-state index contributed by atoms with van der Waals surface area (Å²) in [4.78, 5) is 17.3. The van der Waals surface area contributed by atoms with E-state index in [9.17, 15) is 4.79 Å². The maximum Gasteiger partial charge on any atom is 0.227 e. The van der Waals surface area contributed by atoms with E-state index < -0.39 is 0 Å². The van der Waals surface area contributed by atoms with Gasteiger partial charge in [-0.15, -0.1) is 0 Å². The maximum atomic E-state index is 12.8. The van der Waals surface area contributed by atoms with Crippen molar-refractivity contribution in [2.24, 2.45) is 5.92 Å². The Balaban J connectivity index is 1.69. The Morgan fingerprint density at radius 2 is 1.87 bits per heavy atom. The van der Waals surface area contributed by atoms with Crippen LogP contribution in [-0.2, 0) is 11.2 Å². The van der Waals surface area contributed by atoms with Gasteiger partial charge in [0.05, 0.1) is 6.42 Å². The molecule has 3 rings (SSSR count). The summed E-state index contributed by atoms with van der Waals surface area (Å²) < 4.78 is 0. The van der Waals surface area contributed by atoms with E-state index in [1.165, 1.54) is 37.8 Å². The largest absolute Gasteiger partial charge is 0.341 e. The SMILES string of the molecule is Cc1ccc(CC(=O)N(C)[C@H]2CCC[C@@H]3CCCN(C)[C@@H]32)cc1. The van der Waals surface area contributed by atoms with Crippen LogP contribution in [0.1, 0.15) is 43.2 Å². The highest BCUT2D eigenvalue weighted by Crippen LogP contribution is 2.36. The molecule has 1 aromatic carbocycles. The summed E-state index contributed by atoms with van der Waals surface area (Å²) in [6.07, 6.45) is 6.93. The molecule has 2 fully saturated rings. The van der Waals surface area contributed by atoms with Gasteiger partial charge >= 0.3 is 0 Å². The molecule has 0 bridgehead atoms. The summed E-state index contributed by atoms with van der Waals surface area (Å²) >= 11 is 0. The van der Waals surface area contributed by atoms with E-state index in [1.807, 2.05) is 7.05 Å². The first-order chi connectivity index (χ1) is 11.1. The van der Waals surface area contributed by atoms with Gasteiger partial charge in [0.25, 0.3) is 0 Å². The van der Waals surface area contributed by atoms with Gasteiger partial charge in [-0.25, -0.2) is 0 Å². The van der Waals surface area contributed by atoms with Crippen LogP contribution >= 0.6 is 0 Å². The summed E-state index contributed by atoms with van der Waals surface area (Å²) in [5.74, 6) is 1.04. The molecule has 2 aliphatic rings. The standard InChI is InChI=1S/C20H30N2O/c1-15-9-11-16(12-10-15)14-19(23)22(3)18-8-4-6-17-7-5-13-21(2)20(17)18/h9-12,17-18,20H,4-8,13-14H2,1-3H3/t17-,18+,20+/m1/s1. The summed E-state index contributed by atoms with van der Waals surface area (Å²) in [7, 11) is 4.26. The molecule has 23 heavy (non-hydrogen) atoms. The predicted octanol–water partition coefficient (Wildman–Crippen LogP) is 3.26. The summed E-state index contributed by atoms with van der Waals surface area (Å²) in [6.45, 7) is 3.26. The number of fused-ring (bicyclic) bond motifs is 1. The Morgan fingerprint density at radius 3 is 2.61 bits per heavy atom. The molecule has 0 aromatic heterocycles. The van der Waals surface area contributed by atoms with Crippen LogP contribution in [0, 0.1) is 12.8 Å². The first-order valence-corrected chi connectivity index (χ1v) is 9.07. The van der Waals surface area contributed by atoms with Crippen LogP contribution in [0.4, 0.5) is 0 Å². The van der Waals surface area contributed by atoms with Crippen LogP contribution in [0.3, 0.4) is 0 Å². The van der Waals surface area contributed by atoms with Crippen LogP contribution in [0.25, 0.3) is 0 Å². The second kappa shape index (κ2) is 7.04. The molecule has 126 valence electrons. The molecule has 1 saturated carbocycles. The normalized spacial score (nSPS) is 28.2. The first-order valence-electron chi connectivity index (χ1n) is 9.07. The topological polar surface area (TPSA) is 23.6 Å². The highest BCUT2D eigenvalue weighted by atomic mass is 16.2. The van der Waals surface area contributed by atoms with Gasteiger partial charge in [-0.2, -0.15) is 0 Å². The van der Waals surface area contributed by atoms with Crippen molar-refractivity contribution in [3.63, 3.8) is 0 Å². The fourth-order valence-corrected chi connectivity index (χ4v) is 4.58. The van der Waals surface area contributed by atoms with Gasteiger partial charge in [0.2, 0.25) is 5.91 Å². The molecule has 1 saturated heterocycles. The number of nitrogens with zero attached hydrogens (tertiary/aromatic N) is 2. The number of amides is 1. The first kappa shape index (κ1) is 16.5. The summed E-state index contributed by atoms with van der Waals surface area (Å²) in [6, 6.07) is 9.29. The van der Waals surface area contributed by atoms with E-state index >= 15 is 0 Å². The minimum absolute atomic E-state index is 0.262. The quantitative estimate of drug-likeness (QED) is 0.855. The van der Waals surface area contributed by atoms with Gasteiger partial charge < -0.3 is 9.80 Å². The lowest BCUT2D eigenvalue weighted by Gasteiger charge is -2.49. The number of hydrogen-bond acceptors (Lipinski definition) is 2. The summed E-state index contributed by atoms with van der Waals surface area (Å²) in [5, 5.41) is 0. The number of rotatable bonds is 3. The number of piperidine rings is 1. The van der Waals surface area contributed by atoms with Crippen LogP contribution < -0.4 is 0 Å². The van der Waals surface area contributed by atoms with E-state index in [-0.39, 0.29) is 5.91 Å². The smallest absolute Gasteiger partial charge is 0.227 e. The molecule has 3 atom stereocenters. The summed E-state index contributed by atoms with van der Waals surface area (Å²) in [5.41, 5.74) is 2.37. The highest BCUT2D eigenvalue weighted by Gasteiger charge is 2.40. The lowest BCUT2D eigenvalue weighted by atomic mass is 9.75. The van der Waals surface area contributed by atoms with Crippen molar-refractivity contribution in [3.8, 4) is 0 Å². The molecule has 1 heterocycles. The minimum Gasteiger partial charge on any atom is -0.341 e. The van der Waals surface area contributed by atoms with Gasteiger partial charge in [0, 0.05) is 19.1 Å².